The van der Waals surface area contributed by atoms with Crippen LogP contribution in [0.2, 0.25) is 0 Å². The maximum absolute atomic E-state index is 12.1. The Morgan fingerprint density at radius 3 is 2.85 bits per heavy atom. The summed E-state index contributed by atoms with van der Waals surface area (Å²) in [5, 5.41) is 12.4. The normalized spacial score (nSPS) is 17.7. The van der Waals surface area contributed by atoms with Crippen molar-refractivity contribution in [2.45, 2.75) is 25.3 Å². The molecule has 1 aliphatic heterocycles. The fourth-order valence-corrected chi connectivity index (χ4v) is 2.84. The number of hydrogen-bond donors (Lipinski definition) is 2. The van der Waals surface area contributed by atoms with Crippen LogP contribution in [0.25, 0.3) is 0 Å². The topological polar surface area (TPSA) is 58.6 Å². The third-order valence-electron chi connectivity index (χ3n) is 3.58. The molecule has 1 aromatic carbocycles. The Bertz CT molecular complexity index is 446. The number of nitrogens with one attached hydrogen (secondary N) is 1. The lowest BCUT2D eigenvalue weighted by Gasteiger charge is -2.23. The van der Waals surface area contributed by atoms with Crippen molar-refractivity contribution in [3.63, 3.8) is 0 Å². The number of aliphatic hydroxyl groups excluding tert-OH is 1. The number of rotatable bonds is 5. The number of aliphatic hydroxyl groups is 1. The minimum atomic E-state index is -0.347. The maximum atomic E-state index is 12.1. The summed E-state index contributed by atoms with van der Waals surface area (Å²) >= 11 is 3.40. The van der Waals surface area contributed by atoms with Crippen molar-refractivity contribution in [2.75, 3.05) is 19.8 Å². The molecule has 1 aromatic rings. The molecule has 1 unspecified atom stereocenters. The zero-order chi connectivity index (χ0) is 14.4. The number of benzene rings is 1. The smallest absolute Gasteiger partial charge is 0.220 e. The summed E-state index contributed by atoms with van der Waals surface area (Å²) in [6, 6.07) is 7.28. The molecule has 1 heterocycles. The van der Waals surface area contributed by atoms with Crippen LogP contribution in [0, 0.1) is 5.92 Å². The van der Waals surface area contributed by atoms with Gasteiger partial charge < -0.3 is 15.2 Å². The second kappa shape index (κ2) is 7.76. The highest BCUT2D eigenvalue weighted by molar-refractivity contribution is 9.10. The fourth-order valence-electron chi connectivity index (χ4n) is 2.42. The van der Waals surface area contributed by atoms with Crippen LogP contribution in [0.5, 0.6) is 0 Å². The number of ether oxygens (including phenoxy) is 1. The second-order valence-electron chi connectivity index (χ2n) is 5.12. The molecule has 1 atom stereocenters. The van der Waals surface area contributed by atoms with E-state index in [2.05, 4.69) is 21.2 Å². The van der Waals surface area contributed by atoms with Crippen LogP contribution in [0.1, 0.15) is 30.9 Å². The van der Waals surface area contributed by atoms with E-state index >= 15 is 0 Å². The van der Waals surface area contributed by atoms with Crippen molar-refractivity contribution in [3.8, 4) is 0 Å². The molecule has 0 aliphatic carbocycles. The molecule has 5 heteroatoms. The third kappa shape index (κ3) is 4.58. The van der Waals surface area contributed by atoms with E-state index < -0.39 is 0 Å². The molecule has 0 aromatic heterocycles. The second-order valence-corrected chi connectivity index (χ2v) is 6.03. The molecule has 0 spiro atoms. The van der Waals surface area contributed by atoms with E-state index in [9.17, 15) is 9.90 Å². The summed E-state index contributed by atoms with van der Waals surface area (Å²) in [4.78, 5) is 12.1. The summed E-state index contributed by atoms with van der Waals surface area (Å²) in [6.07, 6.45) is 2.38. The molecule has 0 bridgehead atoms. The van der Waals surface area contributed by atoms with Gasteiger partial charge in [-0.3, -0.25) is 4.79 Å². The van der Waals surface area contributed by atoms with Crippen molar-refractivity contribution < 1.29 is 14.6 Å². The number of carbonyl (C=O) groups is 1. The van der Waals surface area contributed by atoms with Gasteiger partial charge in [0.05, 0.1) is 12.6 Å². The largest absolute Gasteiger partial charge is 0.394 e. The first-order chi connectivity index (χ1) is 9.69. The van der Waals surface area contributed by atoms with Gasteiger partial charge in [0.2, 0.25) is 5.91 Å². The third-order valence-corrected chi connectivity index (χ3v) is 4.08. The highest BCUT2D eigenvalue weighted by atomic mass is 79.9. The molecule has 4 nitrogen and oxygen atoms in total. The average molecular weight is 342 g/mol. The van der Waals surface area contributed by atoms with Crippen molar-refractivity contribution in [1.29, 1.82) is 0 Å². The molecule has 110 valence electrons. The van der Waals surface area contributed by atoms with Gasteiger partial charge >= 0.3 is 0 Å². The van der Waals surface area contributed by atoms with Gasteiger partial charge in [-0.2, -0.15) is 0 Å². The van der Waals surface area contributed by atoms with Gasteiger partial charge in [0, 0.05) is 24.1 Å². The van der Waals surface area contributed by atoms with E-state index in [1.807, 2.05) is 24.3 Å². The fraction of sp³-hybridized carbons (Fsp3) is 0.533. The SMILES string of the molecule is O=C(CC1CCOCC1)NC(CO)c1cccc(Br)c1. The molecule has 2 rings (SSSR count). The summed E-state index contributed by atoms with van der Waals surface area (Å²) < 4.78 is 6.23. The van der Waals surface area contributed by atoms with Crippen molar-refractivity contribution in [2.24, 2.45) is 5.92 Å². The van der Waals surface area contributed by atoms with Gasteiger partial charge in [0.25, 0.3) is 0 Å². The van der Waals surface area contributed by atoms with Crippen LogP contribution in [0.15, 0.2) is 28.7 Å². The summed E-state index contributed by atoms with van der Waals surface area (Å²) in [5.74, 6) is 0.390. The van der Waals surface area contributed by atoms with Crippen molar-refractivity contribution >= 4 is 21.8 Å². The minimum Gasteiger partial charge on any atom is -0.394 e. The predicted molar refractivity (Wildman–Crippen MR) is 80.3 cm³/mol. The number of carbonyl (C=O) groups excluding carboxylic acids is 1. The first-order valence-electron chi connectivity index (χ1n) is 6.92. The van der Waals surface area contributed by atoms with E-state index in [1.165, 1.54) is 0 Å². The average Bonchev–Trinajstić information content (AvgIpc) is 2.46. The lowest BCUT2D eigenvalue weighted by Crippen LogP contribution is -2.33. The molecule has 0 saturated carbocycles. The summed E-state index contributed by atoms with van der Waals surface area (Å²) in [5.41, 5.74) is 0.905. The van der Waals surface area contributed by atoms with E-state index in [0.717, 1.165) is 36.1 Å². The lowest BCUT2D eigenvalue weighted by molar-refractivity contribution is -0.123. The van der Waals surface area contributed by atoms with E-state index in [0.29, 0.717) is 12.3 Å². The van der Waals surface area contributed by atoms with Gasteiger partial charge in [-0.1, -0.05) is 28.1 Å². The molecule has 1 fully saturated rings. The molecular weight excluding hydrogens is 322 g/mol. The standard InChI is InChI=1S/C15H20BrNO3/c16-13-3-1-2-12(9-13)14(10-18)17-15(19)8-11-4-6-20-7-5-11/h1-3,9,11,14,18H,4-8,10H2,(H,17,19). The van der Waals surface area contributed by atoms with Gasteiger partial charge in [0.1, 0.15) is 0 Å². The quantitative estimate of drug-likeness (QED) is 0.864. The number of halogens is 1. The Balaban J connectivity index is 1.90. The number of amides is 1. The summed E-state index contributed by atoms with van der Waals surface area (Å²) in [7, 11) is 0. The van der Waals surface area contributed by atoms with Gasteiger partial charge in [-0.25, -0.2) is 0 Å². The zero-order valence-electron chi connectivity index (χ0n) is 11.3. The Hall–Kier alpha value is -0.910. The molecule has 1 amide bonds. The molecular formula is C15H20BrNO3. The number of hydrogen-bond acceptors (Lipinski definition) is 3. The Kier molecular flexibility index (Phi) is 6.01. The monoisotopic (exact) mass is 341 g/mol. The highest BCUT2D eigenvalue weighted by Crippen LogP contribution is 2.21. The lowest BCUT2D eigenvalue weighted by atomic mass is 9.96. The Morgan fingerprint density at radius 1 is 1.45 bits per heavy atom. The van der Waals surface area contributed by atoms with Crippen LogP contribution in [0.4, 0.5) is 0 Å². The van der Waals surface area contributed by atoms with Crippen molar-refractivity contribution in [3.05, 3.63) is 34.3 Å². The van der Waals surface area contributed by atoms with Gasteiger partial charge in [-0.05, 0) is 36.5 Å². The van der Waals surface area contributed by atoms with E-state index in [-0.39, 0.29) is 18.6 Å². The van der Waals surface area contributed by atoms with Crippen LogP contribution >= 0.6 is 15.9 Å². The zero-order valence-corrected chi connectivity index (χ0v) is 12.9. The minimum absolute atomic E-state index is 0.00377. The molecule has 1 aliphatic rings. The van der Waals surface area contributed by atoms with Crippen LogP contribution in [-0.4, -0.2) is 30.8 Å². The van der Waals surface area contributed by atoms with E-state index in [1.54, 1.807) is 0 Å². The Labute approximate surface area is 127 Å². The van der Waals surface area contributed by atoms with Gasteiger partial charge in [-0.15, -0.1) is 0 Å². The first kappa shape index (κ1) is 15.5. The molecule has 0 radical (unpaired) electrons. The van der Waals surface area contributed by atoms with Crippen LogP contribution in [-0.2, 0) is 9.53 Å². The van der Waals surface area contributed by atoms with Crippen LogP contribution < -0.4 is 5.32 Å². The van der Waals surface area contributed by atoms with Crippen molar-refractivity contribution in [1.82, 2.24) is 5.32 Å². The summed E-state index contributed by atoms with van der Waals surface area (Å²) in [6.45, 7) is 1.38. The van der Waals surface area contributed by atoms with E-state index in [4.69, 9.17) is 4.74 Å². The predicted octanol–water partition coefficient (Wildman–Crippen LogP) is 2.42. The van der Waals surface area contributed by atoms with Crippen LogP contribution in [0.3, 0.4) is 0 Å². The molecule has 20 heavy (non-hydrogen) atoms. The van der Waals surface area contributed by atoms with Gasteiger partial charge in [0.15, 0.2) is 0 Å². The Morgan fingerprint density at radius 2 is 2.20 bits per heavy atom. The first-order valence-corrected chi connectivity index (χ1v) is 7.71. The highest BCUT2D eigenvalue weighted by Gasteiger charge is 2.20. The maximum Gasteiger partial charge on any atom is 0.220 e. The molecule has 2 N–H and O–H groups in total. The molecule has 1 saturated heterocycles.